The SMILES string of the molecule is CCCCC(CC)C(N)c1ccccc1OC(C)C. The first-order chi connectivity index (χ1) is 9.10. The Morgan fingerprint density at radius 2 is 1.84 bits per heavy atom. The number of ether oxygens (including phenoxy) is 1. The van der Waals surface area contributed by atoms with Crippen molar-refractivity contribution in [3.63, 3.8) is 0 Å². The lowest BCUT2D eigenvalue weighted by molar-refractivity contribution is 0.235. The minimum absolute atomic E-state index is 0.0755. The molecular weight excluding hydrogens is 234 g/mol. The van der Waals surface area contributed by atoms with Gasteiger partial charge in [0.15, 0.2) is 0 Å². The van der Waals surface area contributed by atoms with Crippen LogP contribution >= 0.6 is 0 Å². The van der Waals surface area contributed by atoms with Gasteiger partial charge in [0.05, 0.1) is 6.10 Å². The summed E-state index contributed by atoms with van der Waals surface area (Å²) in [4.78, 5) is 0. The number of hydrogen-bond acceptors (Lipinski definition) is 2. The summed E-state index contributed by atoms with van der Waals surface area (Å²) < 4.78 is 5.89. The number of nitrogens with two attached hydrogens (primary N) is 1. The van der Waals surface area contributed by atoms with E-state index in [1.807, 2.05) is 12.1 Å². The summed E-state index contributed by atoms with van der Waals surface area (Å²) in [5.41, 5.74) is 7.64. The van der Waals surface area contributed by atoms with Gasteiger partial charge in [0, 0.05) is 11.6 Å². The van der Waals surface area contributed by atoms with Crippen LogP contribution in [0.2, 0.25) is 0 Å². The molecule has 2 N–H and O–H groups in total. The normalized spacial score (nSPS) is 14.4. The van der Waals surface area contributed by atoms with Crippen LogP contribution in [0.5, 0.6) is 5.75 Å². The Morgan fingerprint density at radius 1 is 1.16 bits per heavy atom. The second kappa shape index (κ2) is 8.21. The molecule has 0 aliphatic carbocycles. The number of rotatable bonds is 8. The number of hydrogen-bond donors (Lipinski definition) is 1. The molecule has 0 spiro atoms. The monoisotopic (exact) mass is 263 g/mol. The van der Waals surface area contributed by atoms with Gasteiger partial charge in [-0.1, -0.05) is 51.3 Å². The van der Waals surface area contributed by atoms with E-state index in [1.54, 1.807) is 0 Å². The molecule has 0 heterocycles. The second-order valence-electron chi connectivity index (χ2n) is 5.54. The van der Waals surface area contributed by atoms with E-state index < -0.39 is 0 Å². The van der Waals surface area contributed by atoms with Crippen LogP contribution in [-0.4, -0.2) is 6.10 Å². The van der Waals surface area contributed by atoms with Crippen LogP contribution in [0.3, 0.4) is 0 Å². The second-order valence-corrected chi connectivity index (χ2v) is 5.54. The molecule has 2 nitrogen and oxygen atoms in total. The third-order valence-corrected chi connectivity index (χ3v) is 3.60. The first-order valence-electron chi connectivity index (χ1n) is 7.61. The van der Waals surface area contributed by atoms with Crippen LogP contribution in [0.1, 0.15) is 65.0 Å². The predicted molar refractivity (Wildman–Crippen MR) is 82.4 cm³/mol. The zero-order valence-corrected chi connectivity index (χ0v) is 12.9. The van der Waals surface area contributed by atoms with Gasteiger partial charge in [0.2, 0.25) is 0 Å². The minimum atomic E-state index is 0.0755. The topological polar surface area (TPSA) is 35.2 Å². The first kappa shape index (κ1) is 16.0. The highest BCUT2D eigenvalue weighted by Crippen LogP contribution is 2.32. The van der Waals surface area contributed by atoms with Gasteiger partial charge in [0.1, 0.15) is 5.75 Å². The van der Waals surface area contributed by atoms with Gasteiger partial charge in [0.25, 0.3) is 0 Å². The van der Waals surface area contributed by atoms with Crippen molar-refractivity contribution < 1.29 is 4.74 Å². The van der Waals surface area contributed by atoms with Crippen LogP contribution in [0.25, 0.3) is 0 Å². The van der Waals surface area contributed by atoms with Gasteiger partial charge >= 0.3 is 0 Å². The van der Waals surface area contributed by atoms with Gasteiger partial charge in [-0.05, 0) is 32.3 Å². The fourth-order valence-corrected chi connectivity index (χ4v) is 2.48. The molecule has 2 heteroatoms. The van der Waals surface area contributed by atoms with Gasteiger partial charge in [-0.15, -0.1) is 0 Å². The third kappa shape index (κ3) is 4.87. The number of unbranched alkanes of at least 4 members (excludes halogenated alkanes) is 1. The lowest BCUT2D eigenvalue weighted by Gasteiger charge is -2.25. The molecule has 2 unspecified atom stereocenters. The van der Waals surface area contributed by atoms with Crippen LogP contribution in [0.4, 0.5) is 0 Å². The van der Waals surface area contributed by atoms with Gasteiger partial charge in [-0.2, -0.15) is 0 Å². The highest BCUT2D eigenvalue weighted by Gasteiger charge is 2.20. The maximum Gasteiger partial charge on any atom is 0.124 e. The van der Waals surface area contributed by atoms with E-state index in [-0.39, 0.29) is 12.1 Å². The quantitative estimate of drug-likeness (QED) is 0.738. The molecule has 0 fully saturated rings. The Hall–Kier alpha value is -1.02. The van der Waals surface area contributed by atoms with Crippen LogP contribution < -0.4 is 10.5 Å². The fourth-order valence-electron chi connectivity index (χ4n) is 2.48. The molecule has 0 saturated carbocycles. The molecule has 19 heavy (non-hydrogen) atoms. The van der Waals surface area contributed by atoms with Crippen molar-refractivity contribution >= 4 is 0 Å². The van der Waals surface area contributed by atoms with Crippen LogP contribution in [0.15, 0.2) is 24.3 Å². The van der Waals surface area contributed by atoms with E-state index in [2.05, 4.69) is 39.8 Å². The molecule has 0 radical (unpaired) electrons. The minimum Gasteiger partial charge on any atom is -0.491 e. The molecule has 2 atom stereocenters. The highest BCUT2D eigenvalue weighted by molar-refractivity contribution is 5.36. The Morgan fingerprint density at radius 3 is 2.42 bits per heavy atom. The molecule has 0 amide bonds. The van der Waals surface area contributed by atoms with Crippen molar-refractivity contribution in [3.8, 4) is 5.75 Å². The Balaban J connectivity index is 2.87. The van der Waals surface area contributed by atoms with Crippen LogP contribution in [-0.2, 0) is 0 Å². The average molecular weight is 263 g/mol. The van der Waals surface area contributed by atoms with E-state index in [4.69, 9.17) is 10.5 Å². The number of benzene rings is 1. The summed E-state index contributed by atoms with van der Waals surface area (Å²) in [5, 5.41) is 0. The van der Waals surface area contributed by atoms with E-state index >= 15 is 0 Å². The lowest BCUT2D eigenvalue weighted by atomic mass is 9.87. The Kier molecular flexibility index (Phi) is 6.93. The van der Waals surface area contributed by atoms with E-state index in [0.717, 1.165) is 17.7 Å². The summed E-state index contributed by atoms with van der Waals surface area (Å²) in [6.45, 7) is 8.56. The van der Waals surface area contributed by atoms with Crippen molar-refractivity contribution in [2.75, 3.05) is 0 Å². The van der Waals surface area contributed by atoms with Crippen molar-refractivity contribution in [1.82, 2.24) is 0 Å². The smallest absolute Gasteiger partial charge is 0.124 e. The average Bonchev–Trinajstić information content (AvgIpc) is 2.39. The zero-order chi connectivity index (χ0) is 14.3. The maximum absolute atomic E-state index is 6.49. The van der Waals surface area contributed by atoms with E-state index in [0.29, 0.717) is 5.92 Å². The zero-order valence-electron chi connectivity index (χ0n) is 12.9. The standard InChI is InChI=1S/C17H29NO/c1-5-7-10-14(6-2)17(18)15-11-8-9-12-16(15)19-13(3)4/h8-9,11-14,17H,5-7,10,18H2,1-4H3. The molecule has 1 rings (SSSR count). The summed E-state index contributed by atoms with van der Waals surface area (Å²) in [6.07, 6.45) is 4.98. The summed E-state index contributed by atoms with van der Waals surface area (Å²) in [5.74, 6) is 1.48. The maximum atomic E-state index is 6.49. The van der Waals surface area contributed by atoms with Gasteiger partial charge < -0.3 is 10.5 Å². The summed E-state index contributed by atoms with van der Waals surface area (Å²) in [7, 11) is 0. The molecule has 0 aromatic heterocycles. The number of para-hydroxylation sites is 1. The largest absolute Gasteiger partial charge is 0.491 e. The lowest BCUT2D eigenvalue weighted by Crippen LogP contribution is -2.22. The Labute approximate surface area is 118 Å². The molecule has 1 aromatic rings. The molecule has 0 aliphatic rings. The predicted octanol–water partition coefficient (Wildman–Crippen LogP) is 4.69. The third-order valence-electron chi connectivity index (χ3n) is 3.60. The van der Waals surface area contributed by atoms with Crippen molar-refractivity contribution in [3.05, 3.63) is 29.8 Å². The van der Waals surface area contributed by atoms with Crippen molar-refractivity contribution in [1.29, 1.82) is 0 Å². The molecule has 1 aromatic carbocycles. The molecule has 108 valence electrons. The van der Waals surface area contributed by atoms with E-state index in [9.17, 15) is 0 Å². The van der Waals surface area contributed by atoms with Gasteiger partial charge in [-0.3, -0.25) is 0 Å². The molecule has 0 bridgehead atoms. The summed E-state index contributed by atoms with van der Waals surface area (Å²) >= 11 is 0. The van der Waals surface area contributed by atoms with Crippen LogP contribution in [0, 0.1) is 5.92 Å². The van der Waals surface area contributed by atoms with E-state index in [1.165, 1.54) is 19.3 Å². The molecular formula is C17H29NO. The molecule has 0 saturated heterocycles. The van der Waals surface area contributed by atoms with Gasteiger partial charge in [-0.25, -0.2) is 0 Å². The Bertz CT molecular complexity index is 362. The fraction of sp³-hybridized carbons (Fsp3) is 0.647. The van der Waals surface area contributed by atoms with Crippen molar-refractivity contribution in [2.45, 2.75) is 65.5 Å². The molecule has 0 aliphatic heterocycles. The highest BCUT2D eigenvalue weighted by atomic mass is 16.5. The summed E-state index contributed by atoms with van der Waals surface area (Å²) in [6, 6.07) is 8.28. The first-order valence-corrected chi connectivity index (χ1v) is 7.61. The van der Waals surface area contributed by atoms with Crippen molar-refractivity contribution in [2.24, 2.45) is 11.7 Å².